The van der Waals surface area contributed by atoms with E-state index < -0.39 is 0 Å². The summed E-state index contributed by atoms with van der Waals surface area (Å²) < 4.78 is 5.50. The van der Waals surface area contributed by atoms with Gasteiger partial charge in [-0.25, -0.2) is 0 Å². The number of hydrogen-bond acceptors (Lipinski definition) is 6. The SMILES string of the molecule is COc1cccc(C2N(Cc3ccc(N(CCCl)CCCl)cc3)CCCN2Cc2ccc(N(CCCl)CCCl)cc2)c1O. The van der Waals surface area contributed by atoms with Gasteiger partial charge in [0, 0.05) is 92.8 Å². The molecule has 1 fully saturated rings. The number of phenols is 1. The highest BCUT2D eigenvalue weighted by Gasteiger charge is 2.33. The fraction of sp³-hybridized carbons (Fsp3) is 0.455. The van der Waals surface area contributed by atoms with Crippen LogP contribution in [0.5, 0.6) is 11.5 Å². The van der Waals surface area contributed by atoms with Gasteiger partial charge < -0.3 is 19.6 Å². The molecule has 1 aliphatic rings. The third-order valence-corrected chi connectivity index (χ3v) is 8.58. The van der Waals surface area contributed by atoms with E-state index in [1.807, 2.05) is 12.1 Å². The van der Waals surface area contributed by atoms with Crippen LogP contribution in [0.15, 0.2) is 66.7 Å². The van der Waals surface area contributed by atoms with Crippen LogP contribution in [0, 0.1) is 0 Å². The van der Waals surface area contributed by atoms with Gasteiger partial charge in [-0.05, 0) is 47.9 Å². The Kier molecular flexibility index (Phi) is 13.7. The molecule has 1 aliphatic heterocycles. The molecule has 0 saturated carbocycles. The van der Waals surface area contributed by atoms with E-state index in [-0.39, 0.29) is 11.9 Å². The first-order valence-electron chi connectivity index (χ1n) is 14.8. The first kappa shape index (κ1) is 33.8. The lowest BCUT2D eigenvalue weighted by atomic mass is 10.0. The lowest BCUT2D eigenvalue weighted by Crippen LogP contribution is -2.46. The van der Waals surface area contributed by atoms with Crippen molar-refractivity contribution >= 4 is 57.8 Å². The number of para-hydroxylation sites is 1. The standard InChI is InChI=1S/C33H42Cl4N4O2/c1-43-31-5-2-4-30(32(31)42)33-40(24-26-6-10-28(11-7-26)38(20-14-34)21-15-35)18-3-19-41(33)25-27-8-12-29(13-9-27)39(22-16-36)23-17-37/h2,4-13,33,42H,3,14-25H2,1H3. The maximum Gasteiger partial charge on any atom is 0.163 e. The Bertz CT molecular complexity index is 1170. The van der Waals surface area contributed by atoms with Crippen LogP contribution in [0.2, 0.25) is 0 Å². The molecule has 0 spiro atoms. The molecule has 0 aliphatic carbocycles. The zero-order valence-electron chi connectivity index (χ0n) is 24.8. The molecule has 4 rings (SSSR count). The predicted molar refractivity (Wildman–Crippen MR) is 183 cm³/mol. The van der Waals surface area contributed by atoms with Crippen LogP contribution in [0.4, 0.5) is 11.4 Å². The number of ether oxygens (including phenoxy) is 1. The Morgan fingerprint density at radius 3 is 1.53 bits per heavy atom. The number of anilines is 2. The Morgan fingerprint density at radius 1 is 0.698 bits per heavy atom. The number of rotatable bonds is 16. The average molecular weight is 669 g/mol. The first-order chi connectivity index (χ1) is 21.0. The summed E-state index contributed by atoms with van der Waals surface area (Å²) in [4.78, 5) is 9.30. The summed E-state index contributed by atoms with van der Waals surface area (Å²) in [7, 11) is 1.59. The van der Waals surface area contributed by atoms with Gasteiger partial charge in [-0.15, -0.1) is 46.4 Å². The lowest BCUT2D eigenvalue weighted by molar-refractivity contribution is -0.0105. The molecule has 10 heteroatoms. The second-order valence-electron chi connectivity index (χ2n) is 10.6. The Morgan fingerprint density at radius 2 is 1.14 bits per heavy atom. The Hall–Kier alpha value is -2.06. The minimum Gasteiger partial charge on any atom is -0.504 e. The van der Waals surface area contributed by atoms with E-state index in [9.17, 15) is 5.11 Å². The minimum absolute atomic E-state index is 0.129. The van der Waals surface area contributed by atoms with Gasteiger partial charge in [0.05, 0.1) is 13.3 Å². The van der Waals surface area contributed by atoms with Crippen LogP contribution >= 0.6 is 46.4 Å². The van der Waals surface area contributed by atoms with Crippen molar-refractivity contribution < 1.29 is 9.84 Å². The fourth-order valence-electron chi connectivity index (χ4n) is 5.83. The molecule has 0 amide bonds. The molecule has 1 N–H and O–H groups in total. The van der Waals surface area contributed by atoms with E-state index in [2.05, 4.69) is 68.1 Å². The number of nitrogens with zero attached hydrogens (tertiary/aromatic N) is 4. The van der Waals surface area contributed by atoms with E-state index in [0.29, 0.717) is 29.3 Å². The van der Waals surface area contributed by atoms with Crippen molar-refractivity contribution in [3.8, 4) is 11.5 Å². The predicted octanol–water partition coefficient (Wildman–Crippen LogP) is 7.38. The summed E-state index contributed by atoms with van der Waals surface area (Å²) in [5.74, 6) is 2.87. The lowest BCUT2D eigenvalue weighted by Gasteiger charge is -2.44. The maximum atomic E-state index is 11.3. The Balaban J connectivity index is 1.59. The number of benzene rings is 3. The number of halogens is 4. The monoisotopic (exact) mass is 666 g/mol. The quantitative estimate of drug-likeness (QED) is 0.161. The largest absolute Gasteiger partial charge is 0.504 e. The summed E-state index contributed by atoms with van der Waals surface area (Å²) >= 11 is 24.1. The molecule has 1 heterocycles. The van der Waals surface area contributed by atoms with E-state index in [0.717, 1.165) is 75.7 Å². The number of alkyl halides is 4. The molecular formula is C33H42Cl4N4O2. The van der Waals surface area contributed by atoms with Crippen LogP contribution in [-0.2, 0) is 13.1 Å². The molecule has 43 heavy (non-hydrogen) atoms. The van der Waals surface area contributed by atoms with Crippen LogP contribution in [0.3, 0.4) is 0 Å². The number of methoxy groups -OCH3 is 1. The molecule has 3 aromatic rings. The van der Waals surface area contributed by atoms with Crippen molar-refractivity contribution in [2.45, 2.75) is 25.7 Å². The first-order valence-corrected chi connectivity index (χ1v) is 16.9. The van der Waals surface area contributed by atoms with Crippen LogP contribution in [-0.4, -0.2) is 84.8 Å². The highest BCUT2D eigenvalue weighted by atomic mass is 35.5. The van der Waals surface area contributed by atoms with Gasteiger partial charge in [-0.3, -0.25) is 9.80 Å². The molecular weight excluding hydrogens is 626 g/mol. The highest BCUT2D eigenvalue weighted by molar-refractivity contribution is 6.19. The van der Waals surface area contributed by atoms with E-state index in [1.165, 1.54) is 11.1 Å². The second-order valence-corrected chi connectivity index (χ2v) is 12.1. The van der Waals surface area contributed by atoms with Crippen molar-refractivity contribution in [3.05, 3.63) is 83.4 Å². The summed E-state index contributed by atoms with van der Waals surface area (Å²) in [6.45, 7) is 6.33. The molecule has 6 nitrogen and oxygen atoms in total. The van der Waals surface area contributed by atoms with Crippen molar-refractivity contribution in [1.29, 1.82) is 0 Å². The van der Waals surface area contributed by atoms with Gasteiger partial charge in [0.25, 0.3) is 0 Å². The molecule has 234 valence electrons. The van der Waals surface area contributed by atoms with Crippen molar-refractivity contribution in [2.24, 2.45) is 0 Å². The topological polar surface area (TPSA) is 42.4 Å². The van der Waals surface area contributed by atoms with E-state index in [1.54, 1.807) is 13.2 Å². The van der Waals surface area contributed by atoms with Gasteiger partial charge >= 0.3 is 0 Å². The second kappa shape index (κ2) is 17.4. The summed E-state index contributed by atoms with van der Waals surface area (Å²) in [6, 6.07) is 23.1. The minimum atomic E-state index is -0.129. The molecule has 0 unspecified atom stereocenters. The molecule has 0 atom stereocenters. The van der Waals surface area contributed by atoms with Gasteiger partial charge in [-0.2, -0.15) is 0 Å². The third kappa shape index (κ3) is 9.00. The van der Waals surface area contributed by atoms with Crippen LogP contribution < -0.4 is 14.5 Å². The fourth-order valence-corrected chi connectivity index (χ4v) is 6.65. The zero-order valence-corrected chi connectivity index (χ0v) is 27.8. The smallest absolute Gasteiger partial charge is 0.163 e. The van der Waals surface area contributed by atoms with Crippen LogP contribution in [0.25, 0.3) is 0 Å². The molecule has 1 saturated heterocycles. The third-order valence-electron chi connectivity index (χ3n) is 7.90. The summed E-state index contributed by atoms with van der Waals surface area (Å²) in [5, 5.41) is 11.3. The average Bonchev–Trinajstić information content (AvgIpc) is 3.02. The number of hydrogen-bond donors (Lipinski definition) is 1. The van der Waals surface area contributed by atoms with Gasteiger partial charge in [0.15, 0.2) is 11.5 Å². The van der Waals surface area contributed by atoms with E-state index >= 15 is 0 Å². The van der Waals surface area contributed by atoms with Gasteiger partial charge in [0.2, 0.25) is 0 Å². The van der Waals surface area contributed by atoms with E-state index in [4.69, 9.17) is 51.1 Å². The van der Waals surface area contributed by atoms with Gasteiger partial charge in [-0.1, -0.05) is 36.4 Å². The highest BCUT2D eigenvalue weighted by Crippen LogP contribution is 2.40. The zero-order chi connectivity index (χ0) is 30.6. The molecule has 0 bridgehead atoms. The number of phenolic OH excluding ortho intramolecular Hbond substituents is 1. The van der Waals surface area contributed by atoms with Crippen LogP contribution in [0.1, 0.15) is 29.3 Å². The molecule has 3 aromatic carbocycles. The molecule has 0 radical (unpaired) electrons. The van der Waals surface area contributed by atoms with Crippen molar-refractivity contribution in [2.75, 3.05) is 79.7 Å². The Labute approximate surface area is 276 Å². The van der Waals surface area contributed by atoms with Crippen molar-refractivity contribution in [3.63, 3.8) is 0 Å². The summed E-state index contributed by atoms with van der Waals surface area (Å²) in [5.41, 5.74) is 5.49. The maximum absolute atomic E-state index is 11.3. The summed E-state index contributed by atoms with van der Waals surface area (Å²) in [6.07, 6.45) is 0.895. The molecule has 0 aromatic heterocycles. The number of aromatic hydroxyl groups is 1. The van der Waals surface area contributed by atoms with Gasteiger partial charge in [0.1, 0.15) is 0 Å². The van der Waals surface area contributed by atoms with Crippen molar-refractivity contribution in [1.82, 2.24) is 9.80 Å². The normalized spacial score (nSPS) is 14.6.